The van der Waals surface area contributed by atoms with Gasteiger partial charge in [0.05, 0.1) is 5.92 Å². The van der Waals surface area contributed by atoms with Gasteiger partial charge in [-0.25, -0.2) is 9.59 Å². The fraction of sp³-hybridized carbons (Fsp3) is 0.750. The Bertz CT molecular complexity index is 1340. The first-order chi connectivity index (χ1) is 21.4. The van der Waals surface area contributed by atoms with Gasteiger partial charge in [0, 0.05) is 18.3 Å². The molecule has 1 N–H and O–H groups in total. The average molecular weight is 758 g/mol. The van der Waals surface area contributed by atoms with Gasteiger partial charge in [-0.3, -0.25) is 9.59 Å². The zero-order valence-electron chi connectivity index (χ0n) is 25.0. The maximum absolute atomic E-state index is 14.3. The molecule has 0 aromatic carbocycles. The fourth-order valence-corrected chi connectivity index (χ4v) is 3.62. The number of halogens is 17. The molecule has 0 bridgehead atoms. The van der Waals surface area contributed by atoms with Gasteiger partial charge < -0.3 is 19.7 Å². The SMILES string of the molecule is CC1=CN(CC[C@H](NC(=O)OC(C)(C)C)C(=O)OC(F)(F)C(F)(F)C(F)(F)C(F)(F)C(F)(F)C(F)(F)C(F)(F)C(F)(F)F)C(=O)C(C)C1=O. The minimum absolute atomic E-state index is 0.129. The van der Waals surface area contributed by atoms with E-state index in [1.165, 1.54) is 5.32 Å². The predicted octanol–water partition coefficient (Wildman–Crippen LogP) is 6.73. The highest BCUT2D eigenvalue weighted by molar-refractivity contribution is 6.11. The van der Waals surface area contributed by atoms with Gasteiger partial charge in [-0.2, -0.15) is 74.6 Å². The van der Waals surface area contributed by atoms with Crippen LogP contribution in [0.3, 0.4) is 0 Å². The monoisotopic (exact) mass is 758 g/mol. The molecule has 284 valence electrons. The number of carbonyl (C=O) groups is 4. The average Bonchev–Trinajstić information content (AvgIpc) is 2.89. The molecule has 49 heavy (non-hydrogen) atoms. The number of alkyl carbamates (subject to hydrolysis) is 1. The van der Waals surface area contributed by atoms with Gasteiger partial charge in [-0.05, 0) is 41.0 Å². The van der Waals surface area contributed by atoms with Crippen LogP contribution < -0.4 is 5.32 Å². The van der Waals surface area contributed by atoms with E-state index in [0.717, 1.165) is 40.8 Å². The van der Waals surface area contributed by atoms with Crippen molar-refractivity contribution in [3.63, 3.8) is 0 Å². The quantitative estimate of drug-likeness (QED) is 0.135. The van der Waals surface area contributed by atoms with E-state index in [9.17, 15) is 93.8 Å². The first-order valence-corrected chi connectivity index (χ1v) is 12.8. The molecule has 0 radical (unpaired) electrons. The van der Waals surface area contributed by atoms with Crippen molar-refractivity contribution in [1.82, 2.24) is 10.2 Å². The first kappa shape index (κ1) is 43.5. The van der Waals surface area contributed by atoms with E-state index in [-0.39, 0.29) is 5.57 Å². The second-order valence-electron chi connectivity index (χ2n) is 11.3. The molecule has 2 amide bonds. The van der Waals surface area contributed by atoms with Gasteiger partial charge in [0.15, 0.2) is 5.78 Å². The van der Waals surface area contributed by atoms with Gasteiger partial charge in [0.2, 0.25) is 5.91 Å². The van der Waals surface area contributed by atoms with Crippen LogP contribution in [0, 0.1) is 5.92 Å². The standard InChI is InChI=1S/C24H23F17N2O6/c1-9-8-43(13(45)10(2)12(9)44)7-6-11(42-15(47)49-16(3,4)5)14(46)48-24(40,41)22(35,36)20(31,32)18(27,28)17(25,26)19(29,30)21(33,34)23(37,38)39/h8,10-11H,6-7H2,1-5H3,(H,42,47)/t10?,11-/m0/s1. The van der Waals surface area contributed by atoms with Crippen LogP contribution in [0.2, 0.25) is 0 Å². The Morgan fingerprint density at radius 1 is 0.735 bits per heavy atom. The summed E-state index contributed by atoms with van der Waals surface area (Å²) in [6.07, 6.45) is -17.7. The van der Waals surface area contributed by atoms with E-state index >= 15 is 0 Å². The minimum atomic E-state index is -8.90. The third-order valence-corrected chi connectivity index (χ3v) is 6.34. The number of rotatable bonds is 12. The molecule has 1 unspecified atom stereocenters. The topological polar surface area (TPSA) is 102 Å². The number of hydrogen-bond acceptors (Lipinski definition) is 6. The van der Waals surface area contributed by atoms with Crippen LogP contribution in [-0.4, -0.2) is 94.7 Å². The van der Waals surface area contributed by atoms with E-state index in [4.69, 9.17) is 0 Å². The summed E-state index contributed by atoms with van der Waals surface area (Å²) >= 11 is 0. The summed E-state index contributed by atoms with van der Waals surface area (Å²) in [6, 6.07) is -2.84. The van der Waals surface area contributed by atoms with Crippen molar-refractivity contribution in [2.24, 2.45) is 5.92 Å². The van der Waals surface area contributed by atoms with Crippen molar-refractivity contribution >= 4 is 23.8 Å². The Morgan fingerprint density at radius 2 is 1.14 bits per heavy atom. The summed E-state index contributed by atoms with van der Waals surface area (Å²) in [5.74, 6) is -58.1. The van der Waals surface area contributed by atoms with E-state index in [1.54, 1.807) is 0 Å². The van der Waals surface area contributed by atoms with Crippen molar-refractivity contribution in [3.8, 4) is 0 Å². The molecule has 0 fully saturated rings. The van der Waals surface area contributed by atoms with E-state index in [1.807, 2.05) is 0 Å². The molecule has 0 aromatic rings. The largest absolute Gasteiger partial charge is 0.473 e. The highest BCUT2D eigenvalue weighted by Gasteiger charge is 2.96. The molecule has 1 aliphatic heterocycles. The number of nitrogens with zero attached hydrogens (tertiary/aromatic N) is 1. The number of alkyl halides is 17. The molecule has 1 aliphatic rings. The second kappa shape index (κ2) is 13.0. The Morgan fingerprint density at radius 3 is 1.55 bits per heavy atom. The summed E-state index contributed by atoms with van der Waals surface area (Å²) in [4.78, 5) is 49.4. The highest BCUT2D eigenvalue weighted by atomic mass is 19.4. The Kier molecular flexibility index (Phi) is 11.5. The van der Waals surface area contributed by atoms with Crippen molar-refractivity contribution in [2.75, 3.05) is 6.54 Å². The van der Waals surface area contributed by atoms with Crippen LogP contribution in [0.15, 0.2) is 11.8 Å². The molecular formula is C24H23F17N2O6. The number of carbonyl (C=O) groups excluding carboxylic acids is 4. The molecule has 0 aliphatic carbocycles. The van der Waals surface area contributed by atoms with Gasteiger partial charge in [-0.15, -0.1) is 0 Å². The number of ketones is 1. The lowest BCUT2D eigenvalue weighted by Gasteiger charge is -2.42. The number of ether oxygens (including phenoxy) is 2. The summed E-state index contributed by atoms with van der Waals surface area (Å²) in [6.45, 7) is 4.75. The Hall–Kier alpha value is -3.57. The van der Waals surface area contributed by atoms with E-state index < -0.39 is 102 Å². The number of hydrogen-bond donors (Lipinski definition) is 1. The lowest BCUT2D eigenvalue weighted by atomic mass is 9.90. The predicted molar refractivity (Wildman–Crippen MR) is 124 cm³/mol. The fourth-order valence-electron chi connectivity index (χ4n) is 3.62. The van der Waals surface area contributed by atoms with Crippen molar-refractivity contribution in [3.05, 3.63) is 11.8 Å². The molecule has 0 aromatic heterocycles. The van der Waals surface area contributed by atoms with Crippen molar-refractivity contribution in [1.29, 1.82) is 0 Å². The number of esters is 1. The highest BCUT2D eigenvalue weighted by Crippen LogP contribution is 2.64. The Balaban J connectivity index is 3.56. The summed E-state index contributed by atoms with van der Waals surface area (Å²) in [5.41, 5.74) is -1.62. The molecule has 1 heterocycles. The molecule has 0 spiro atoms. The number of Topliss-reactive ketones (excluding diaryl/α,β-unsaturated/α-hetero) is 1. The van der Waals surface area contributed by atoms with Crippen LogP contribution in [0.25, 0.3) is 0 Å². The first-order valence-electron chi connectivity index (χ1n) is 12.8. The van der Waals surface area contributed by atoms with E-state index in [0.29, 0.717) is 4.90 Å². The lowest BCUT2D eigenvalue weighted by Crippen LogP contribution is -2.74. The van der Waals surface area contributed by atoms with Crippen molar-refractivity contribution < 1.29 is 103 Å². The summed E-state index contributed by atoms with van der Waals surface area (Å²) in [5, 5.41) is 1.39. The van der Waals surface area contributed by atoms with Crippen LogP contribution in [0.5, 0.6) is 0 Å². The molecule has 0 saturated heterocycles. The molecule has 0 saturated carbocycles. The second-order valence-corrected chi connectivity index (χ2v) is 11.3. The van der Waals surface area contributed by atoms with E-state index in [2.05, 4.69) is 9.47 Å². The number of amides is 2. The number of allylic oxidation sites excluding steroid dienone is 1. The lowest BCUT2D eigenvalue weighted by molar-refractivity contribution is -0.474. The molecule has 2 atom stereocenters. The minimum Gasteiger partial charge on any atom is -0.444 e. The summed E-state index contributed by atoms with van der Waals surface area (Å²) in [7, 11) is 0. The third-order valence-electron chi connectivity index (χ3n) is 6.34. The van der Waals surface area contributed by atoms with Gasteiger partial charge in [0.1, 0.15) is 11.6 Å². The number of nitrogens with one attached hydrogen (secondary N) is 1. The molecule has 1 rings (SSSR count). The maximum atomic E-state index is 14.3. The third kappa shape index (κ3) is 7.62. The van der Waals surface area contributed by atoms with Crippen molar-refractivity contribution in [2.45, 2.75) is 101 Å². The molecule has 25 heteroatoms. The molecule has 8 nitrogen and oxygen atoms in total. The normalized spacial score (nSPS) is 18.6. The maximum Gasteiger partial charge on any atom is 0.473 e. The van der Waals surface area contributed by atoms with Crippen LogP contribution in [-0.2, 0) is 23.9 Å². The van der Waals surface area contributed by atoms with Gasteiger partial charge in [0.25, 0.3) is 0 Å². The summed E-state index contributed by atoms with van der Waals surface area (Å²) < 4.78 is 238. The van der Waals surface area contributed by atoms with Crippen LogP contribution in [0.1, 0.15) is 41.0 Å². The Labute approximate surface area is 262 Å². The van der Waals surface area contributed by atoms with Crippen LogP contribution in [0.4, 0.5) is 79.4 Å². The van der Waals surface area contributed by atoms with Crippen LogP contribution >= 0.6 is 0 Å². The molecular weight excluding hydrogens is 735 g/mol. The van der Waals surface area contributed by atoms with Gasteiger partial charge in [-0.1, -0.05) is 0 Å². The zero-order valence-corrected chi connectivity index (χ0v) is 25.0. The zero-order chi connectivity index (χ0) is 39.4. The van der Waals surface area contributed by atoms with Gasteiger partial charge >= 0.3 is 59.9 Å². The smallest absolute Gasteiger partial charge is 0.444 e.